The number of rotatable bonds is 4. The zero-order valence-corrected chi connectivity index (χ0v) is 14.8. The third-order valence-corrected chi connectivity index (χ3v) is 5.27. The number of carbonyl (C=O) groups is 2. The van der Waals surface area contributed by atoms with Crippen molar-refractivity contribution in [1.29, 1.82) is 0 Å². The van der Waals surface area contributed by atoms with E-state index in [0.717, 1.165) is 11.3 Å². The third-order valence-electron chi connectivity index (χ3n) is 4.24. The summed E-state index contributed by atoms with van der Waals surface area (Å²) >= 11 is 0.851. The first-order valence-corrected chi connectivity index (χ1v) is 8.77. The number of thiophene rings is 1. The van der Waals surface area contributed by atoms with Crippen LogP contribution in [0.4, 0.5) is 15.1 Å². The first-order valence-electron chi connectivity index (χ1n) is 7.96. The van der Waals surface area contributed by atoms with Crippen molar-refractivity contribution in [3.8, 4) is 0 Å². The Balaban J connectivity index is 1.66. The number of amides is 1. The smallest absolute Gasteiger partial charge is 0.324 e. The molecule has 0 spiro atoms. The molecular formula is C17H16FN3O4S. The van der Waals surface area contributed by atoms with Crippen LogP contribution in [-0.4, -0.2) is 47.7 Å². The lowest BCUT2D eigenvalue weighted by molar-refractivity contribution is -0.380. The monoisotopic (exact) mass is 377 g/mol. The van der Waals surface area contributed by atoms with Crippen LogP contribution in [0.3, 0.4) is 0 Å². The molecule has 1 fully saturated rings. The number of halogens is 1. The minimum absolute atomic E-state index is 0.0698. The molecule has 1 aromatic heterocycles. The molecule has 0 aliphatic carbocycles. The zero-order chi connectivity index (χ0) is 18.8. The Hall–Kier alpha value is -2.81. The molecule has 0 N–H and O–H groups in total. The Morgan fingerprint density at radius 1 is 1.15 bits per heavy atom. The van der Waals surface area contributed by atoms with E-state index in [1.165, 1.54) is 25.1 Å². The summed E-state index contributed by atoms with van der Waals surface area (Å²) in [5, 5.41) is 10.7. The van der Waals surface area contributed by atoms with Crippen LogP contribution >= 0.6 is 11.3 Å². The predicted molar refractivity (Wildman–Crippen MR) is 95.5 cm³/mol. The number of nitro groups is 1. The molecule has 136 valence electrons. The molecule has 0 bridgehead atoms. The second-order valence-corrected chi connectivity index (χ2v) is 6.96. The molecule has 9 heteroatoms. The lowest BCUT2D eigenvalue weighted by Crippen LogP contribution is -2.48. The van der Waals surface area contributed by atoms with Gasteiger partial charge in [0.25, 0.3) is 5.91 Å². The summed E-state index contributed by atoms with van der Waals surface area (Å²) < 4.78 is 14.3. The van der Waals surface area contributed by atoms with Gasteiger partial charge in [0.05, 0.1) is 15.5 Å². The van der Waals surface area contributed by atoms with Gasteiger partial charge in [-0.15, -0.1) is 0 Å². The maximum absolute atomic E-state index is 14.3. The highest BCUT2D eigenvalue weighted by Gasteiger charge is 2.26. The summed E-state index contributed by atoms with van der Waals surface area (Å²) in [6.45, 7) is 3.04. The van der Waals surface area contributed by atoms with Gasteiger partial charge in [0.1, 0.15) is 5.82 Å². The zero-order valence-electron chi connectivity index (χ0n) is 14.0. The van der Waals surface area contributed by atoms with E-state index in [4.69, 9.17) is 0 Å². The quantitative estimate of drug-likeness (QED) is 0.465. The number of Topliss-reactive ketones (excluding diaryl/α,β-unsaturated/α-hetero) is 1. The SMILES string of the molecule is CC(=O)c1ccc(N2CCN(C(=O)c3ccc([N+](=O)[O-])s3)CC2)c(F)c1. The maximum Gasteiger partial charge on any atom is 0.324 e. The van der Waals surface area contributed by atoms with Crippen molar-refractivity contribution in [2.75, 3.05) is 31.1 Å². The minimum Gasteiger partial charge on any atom is -0.366 e. The fourth-order valence-corrected chi connectivity index (χ4v) is 3.62. The van der Waals surface area contributed by atoms with Gasteiger partial charge >= 0.3 is 5.00 Å². The van der Waals surface area contributed by atoms with Crippen LogP contribution in [0.2, 0.25) is 0 Å². The van der Waals surface area contributed by atoms with Gasteiger partial charge < -0.3 is 9.80 Å². The molecule has 1 aromatic carbocycles. The van der Waals surface area contributed by atoms with Crippen molar-refractivity contribution in [2.45, 2.75) is 6.92 Å². The highest BCUT2D eigenvalue weighted by atomic mass is 32.1. The van der Waals surface area contributed by atoms with E-state index in [0.29, 0.717) is 42.3 Å². The number of anilines is 1. The largest absolute Gasteiger partial charge is 0.366 e. The third kappa shape index (κ3) is 3.57. The second kappa shape index (κ2) is 7.20. The molecule has 1 aliphatic heterocycles. The van der Waals surface area contributed by atoms with Gasteiger partial charge in [0.2, 0.25) is 0 Å². The van der Waals surface area contributed by atoms with E-state index in [1.807, 2.05) is 4.90 Å². The van der Waals surface area contributed by atoms with Gasteiger partial charge in [-0.25, -0.2) is 4.39 Å². The molecule has 3 rings (SSSR count). The Morgan fingerprint density at radius 2 is 1.85 bits per heavy atom. The van der Waals surface area contributed by atoms with E-state index < -0.39 is 10.7 Å². The summed E-state index contributed by atoms with van der Waals surface area (Å²) in [4.78, 5) is 37.7. The van der Waals surface area contributed by atoms with Gasteiger partial charge in [-0.1, -0.05) is 11.3 Å². The lowest BCUT2D eigenvalue weighted by Gasteiger charge is -2.36. The van der Waals surface area contributed by atoms with Crippen LogP contribution in [0.5, 0.6) is 0 Å². The van der Waals surface area contributed by atoms with Crippen molar-refractivity contribution in [2.24, 2.45) is 0 Å². The van der Waals surface area contributed by atoms with Crippen molar-refractivity contribution in [3.05, 3.63) is 56.7 Å². The van der Waals surface area contributed by atoms with Gasteiger partial charge in [0.15, 0.2) is 5.78 Å². The molecule has 0 radical (unpaired) electrons. The molecule has 0 atom stereocenters. The highest BCUT2D eigenvalue weighted by Crippen LogP contribution is 2.26. The van der Waals surface area contributed by atoms with Crippen LogP contribution in [0, 0.1) is 15.9 Å². The number of ketones is 1. The Morgan fingerprint density at radius 3 is 2.38 bits per heavy atom. The Kier molecular flexibility index (Phi) is 4.99. The number of piperazine rings is 1. The van der Waals surface area contributed by atoms with Crippen LogP contribution < -0.4 is 4.90 Å². The normalized spacial score (nSPS) is 14.4. The topological polar surface area (TPSA) is 83.8 Å². The molecule has 1 aliphatic rings. The van der Waals surface area contributed by atoms with Gasteiger partial charge in [-0.05, 0) is 31.2 Å². The molecule has 0 unspecified atom stereocenters. The molecule has 2 heterocycles. The molecular weight excluding hydrogens is 361 g/mol. The number of hydrogen-bond acceptors (Lipinski definition) is 6. The first kappa shape index (κ1) is 18.0. The van der Waals surface area contributed by atoms with Crippen LogP contribution in [0.15, 0.2) is 30.3 Å². The maximum atomic E-state index is 14.3. The Labute approximate surface area is 152 Å². The summed E-state index contributed by atoms with van der Waals surface area (Å²) in [5.74, 6) is -0.919. The summed E-state index contributed by atoms with van der Waals surface area (Å²) in [7, 11) is 0. The summed E-state index contributed by atoms with van der Waals surface area (Å²) in [5.41, 5.74) is 0.716. The van der Waals surface area contributed by atoms with Gasteiger partial charge in [-0.2, -0.15) is 0 Å². The standard InChI is InChI=1S/C17H16FN3O4S/c1-11(22)12-2-3-14(13(18)10-12)19-6-8-20(9-7-19)17(23)15-4-5-16(26-15)21(24)25/h2-5,10H,6-9H2,1H3. The van der Waals surface area contributed by atoms with Crippen molar-refractivity contribution in [1.82, 2.24) is 4.90 Å². The van der Waals surface area contributed by atoms with Gasteiger partial charge in [0, 0.05) is 37.8 Å². The summed E-state index contributed by atoms with van der Waals surface area (Å²) in [6, 6.07) is 7.16. The fourth-order valence-electron chi connectivity index (χ4n) is 2.83. The second-order valence-electron chi connectivity index (χ2n) is 5.90. The fraction of sp³-hybridized carbons (Fsp3) is 0.294. The summed E-state index contributed by atoms with van der Waals surface area (Å²) in [6.07, 6.45) is 0. The van der Waals surface area contributed by atoms with Crippen LogP contribution in [-0.2, 0) is 0 Å². The van der Waals surface area contributed by atoms with Crippen LogP contribution in [0.1, 0.15) is 27.0 Å². The molecule has 1 amide bonds. The molecule has 26 heavy (non-hydrogen) atoms. The highest BCUT2D eigenvalue weighted by molar-refractivity contribution is 7.17. The average molecular weight is 377 g/mol. The lowest BCUT2D eigenvalue weighted by atomic mass is 10.1. The van der Waals surface area contributed by atoms with Crippen molar-refractivity contribution in [3.63, 3.8) is 0 Å². The minimum atomic E-state index is -0.521. The van der Waals surface area contributed by atoms with E-state index in [1.54, 1.807) is 17.0 Å². The molecule has 1 saturated heterocycles. The molecule has 2 aromatic rings. The number of benzene rings is 1. The Bertz CT molecular complexity index is 875. The van der Waals surface area contributed by atoms with Crippen LogP contribution in [0.25, 0.3) is 0 Å². The number of carbonyl (C=O) groups excluding carboxylic acids is 2. The number of nitrogens with zero attached hydrogens (tertiary/aromatic N) is 3. The predicted octanol–water partition coefficient (Wildman–Crippen LogP) is 2.96. The van der Waals surface area contributed by atoms with E-state index >= 15 is 0 Å². The van der Waals surface area contributed by atoms with E-state index in [-0.39, 0.29) is 16.7 Å². The van der Waals surface area contributed by atoms with Gasteiger partial charge in [-0.3, -0.25) is 19.7 Å². The molecule has 7 nitrogen and oxygen atoms in total. The van der Waals surface area contributed by atoms with Crippen molar-refractivity contribution < 1.29 is 18.9 Å². The van der Waals surface area contributed by atoms with E-state index in [2.05, 4.69) is 0 Å². The van der Waals surface area contributed by atoms with Crippen molar-refractivity contribution >= 4 is 33.7 Å². The first-order chi connectivity index (χ1) is 12.4. The average Bonchev–Trinajstić information content (AvgIpc) is 3.11. The van der Waals surface area contributed by atoms with E-state index in [9.17, 15) is 24.1 Å². The number of hydrogen-bond donors (Lipinski definition) is 0. The molecule has 0 saturated carbocycles.